The van der Waals surface area contributed by atoms with E-state index >= 15 is 4.39 Å². The van der Waals surface area contributed by atoms with Gasteiger partial charge in [-0.05, 0) is 56.8 Å². The number of unbranched alkanes of at least 4 members (excludes halogenated alkanes) is 5. The van der Waals surface area contributed by atoms with E-state index in [2.05, 4.69) is 13.8 Å². The van der Waals surface area contributed by atoms with E-state index in [1.54, 1.807) is 0 Å². The van der Waals surface area contributed by atoms with E-state index in [1.165, 1.54) is 57.8 Å². The molecule has 0 aromatic rings. The fourth-order valence-electron chi connectivity index (χ4n) is 6.95. The van der Waals surface area contributed by atoms with Gasteiger partial charge in [-0.3, -0.25) is 4.79 Å². The highest BCUT2D eigenvalue weighted by atomic mass is 19.1. The van der Waals surface area contributed by atoms with Gasteiger partial charge in [0, 0.05) is 0 Å². The number of ketones is 1. The summed E-state index contributed by atoms with van der Waals surface area (Å²) in [5.74, 6) is 1.44. The van der Waals surface area contributed by atoms with Crippen LogP contribution in [0.2, 0.25) is 0 Å². The van der Waals surface area contributed by atoms with Crippen LogP contribution >= 0.6 is 0 Å². The first kappa shape index (κ1) is 21.3. The van der Waals surface area contributed by atoms with Crippen LogP contribution in [-0.4, -0.2) is 12.0 Å². The van der Waals surface area contributed by atoms with Crippen molar-refractivity contribution in [2.24, 2.45) is 22.7 Å². The Morgan fingerprint density at radius 2 is 1.56 bits per heavy atom. The molecule has 2 spiro atoms. The molecule has 156 valence electrons. The molecule has 2 heteroatoms. The molecule has 3 atom stereocenters. The quantitative estimate of drug-likeness (QED) is 0.374. The second kappa shape index (κ2) is 9.40. The largest absolute Gasteiger partial charge is 0.298 e. The van der Waals surface area contributed by atoms with Gasteiger partial charge in [-0.15, -0.1) is 0 Å². The lowest BCUT2D eigenvalue weighted by Gasteiger charge is -2.63. The summed E-state index contributed by atoms with van der Waals surface area (Å²) in [7, 11) is 0. The second-order valence-corrected chi connectivity index (χ2v) is 10.1. The minimum atomic E-state index is -0.842. The van der Waals surface area contributed by atoms with Crippen molar-refractivity contribution in [1.82, 2.24) is 0 Å². The maximum Gasteiger partial charge on any atom is 0.151 e. The summed E-state index contributed by atoms with van der Waals surface area (Å²) >= 11 is 0. The molecular formula is C25H43FO. The molecule has 3 rings (SSSR count). The average molecular weight is 379 g/mol. The Morgan fingerprint density at radius 3 is 2.22 bits per heavy atom. The number of carbonyl (C=O) groups excluding carboxylic acids is 1. The molecule has 3 saturated carbocycles. The Hall–Kier alpha value is -0.400. The van der Waals surface area contributed by atoms with Crippen molar-refractivity contribution < 1.29 is 9.18 Å². The summed E-state index contributed by atoms with van der Waals surface area (Å²) in [5.41, 5.74) is -1.14. The van der Waals surface area contributed by atoms with Crippen LogP contribution in [0.5, 0.6) is 0 Å². The van der Waals surface area contributed by atoms with Crippen molar-refractivity contribution in [2.75, 3.05) is 0 Å². The zero-order valence-corrected chi connectivity index (χ0v) is 18.0. The normalized spacial score (nSPS) is 39.1. The molecule has 0 radical (unpaired) electrons. The predicted molar refractivity (Wildman–Crippen MR) is 112 cm³/mol. The van der Waals surface area contributed by atoms with Crippen LogP contribution in [0.4, 0.5) is 4.39 Å². The van der Waals surface area contributed by atoms with E-state index < -0.39 is 17.0 Å². The molecule has 3 aliphatic carbocycles. The van der Waals surface area contributed by atoms with Crippen molar-refractivity contribution in [2.45, 2.75) is 129 Å². The summed E-state index contributed by atoms with van der Waals surface area (Å²) in [6.45, 7) is 4.49. The van der Waals surface area contributed by atoms with E-state index in [0.29, 0.717) is 11.7 Å². The van der Waals surface area contributed by atoms with Crippen LogP contribution in [0.25, 0.3) is 0 Å². The van der Waals surface area contributed by atoms with Gasteiger partial charge in [-0.25, -0.2) is 4.39 Å². The fraction of sp³-hybridized carbons (Fsp3) is 0.960. The van der Waals surface area contributed by atoms with Gasteiger partial charge in [-0.1, -0.05) is 78.1 Å². The highest BCUT2D eigenvalue weighted by Crippen LogP contribution is 2.67. The van der Waals surface area contributed by atoms with Gasteiger partial charge in [0.15, 0.2) is 5.78 Å². The molecule has 0 heterocycles. The lowest BCUT2D eigenvalue weighted by molar-refractivity contribution is -0.203. The molecule has 3 fully saturated rings. The Labute approximate surface area is 167 Å². The number of hydrogen-bond donors (Lipinski definition) is 0. The molecule has 2 unspecified atom stereocenters. The van der Waals surface area contributed by atoms with E-state index in [9.17, 15) is 4.79 Å². The minimum Gasteiger partial charge on any atom is -0.298 e. The third-order valence-electron chi connectivity index (χ3n) is 8.53. The molecule has 0 aromatic carbocycles. The first-order valence-electron chi connectivity index (χ1n) is 12.3. The van der Waals surface area contributed by atoms with E-state index in [-0.39, 0.29) is 0 Å². The summed E-state index contributed by atoms with van der Waals surface area (Å²) < 4.78 is 15.9. The van der Waals surface area contributed by atoms with Crippen LogP contribution in [0.15, 0.2) is 0 Å². The van der Waals surface area contributed by atoms with Crippen LogP contribution in [0.3, 0.4) is 0 Å². The maximum absolute atomic E-state index is 15.9. The van der Waals surface area contributed by atoms with E-state index in [0.717, 1.165) is 57.3 Å². The SMILES string of the molecule is CCCCCCCCC1CCCCC12C(=O)C1(CCC(CCC)CC1)[C@@H]2F. The maximum atomic E-state index is 15.9. The Kier molecular flexibility index (Phi) is 7.42. The van der Waals surface area contributed by atoms with Crippen molar-refractivity contribution in [3.05, 3.63) is 0 Å². The first-order chi connectivity index (χ1) is 13.1. The van der Waals surface area contributed by atoms with E-state index in [1.807, 2.05) is 0 Å². The first-order valence-corrected chi connectivity index (χ1v) is 12.3. The lowest BCUT2D eigenvalue weighted by atomic mass is 9.39. The summed E-state index contributed by atoms with van der Waals surface area (Å²) in [6, 6.07) is 0. The predicted octanol–water partition coefficient (Wildman–Crippen LogP) is 7.81. The summed E-state index contributed by atoms with van der Waals surface area (Å²) in [6.07, 6.45) is 18.5. The minimum absolute atomic E-state index is 0.332. The summed E-state index contributed by atoms with van der Waals surface area (Å²) in [5, 5.41) is 0. The van der Waals surface area contributed by atoms with Crippen molar-refractivity contribution in [3.63, 3.8) is 0 Å². The molecule has 0 bridgehead atoms. The molecule has 0 saturated heterocycles. The number of alkyl halides is 1. The van der Waals surface area contributed by atoms with Crippen LogP contribution in [-0.2, 0) is 4.79 Å². The van der Waals surface area contributed by atoms with Gasteiger partial charge in [0.05, 0.1) is 10.8 Å². The summed E-state index contributed by atoms with van der Waals surface area (Å²) in [4.78, 5) is 13.5. The average Bonchev–Trinajstić information content (AvgIpc) is 2.71. The monoisotopic (exact) mass is 378 g/mol. The van der Waals surface area contributed by atoms with Crippen molar-refractivity contribution >= 4 is 5.78 Å². The standard InChI is InChI=1S/C25H43FO/c1-3-5-6-7-8-9-13-21-14-10-11-17-25(21)22(26)24(23(25)27)18-15-20(12-4-2)16-19-24/h20-22H,3-19H2,1-2H3/t20?,21?,22-,24?,25?/m0/s1. The Balaban J connectivity index is 1.58. The Bertz CT molecular complexity index is 479. The zero-order valence-electron chi connectivity index (χ0n) is 18.0. The van der Waals surface area contributed by atoms with Crippen molar-refractivity contribution in [1.29, 1.82) is 0 Å². The zero-order chi connectivity index (χ0) is 19.3. The lowest BCUT2D eigenvalue weighted by Crippen LogP contribution is -2.71. The van der Waals surface area contributed by atoms with Gasteiger partial charge >= 0.3 is 0 Å². The molecule has 27 heavy (non-hydrogen) atoms. The smallest absolute Gasteiger partial charge is 0.151 e. The second-order valence-electron chi connectivity index (χ2n) is 10.1. The third-order valence-corrected chi connectivity index (χ3v) is 8.53. The van der Waals surface area contributed by atoms with Crippen LogP contribution < -0.4 is 0 Å². The Morgan fingerprint density at radius 1 is 0.852 bits per heavy atom. The van der Waals surface area contributed by atoms with Crippen LogP contribution in [0.1, 0.15) is 123 Å². The third kappa shape index (κ3) is 3.88. The number of hydrogen-bond acceptors (Lipinski definition) is 1. The molecule has 3 aliphatic rings. The van der Waals surface area contributed by atoms with Gasteiger partial charge in [0.2, 0.25) is 0 Å². The molecular weight excluding hydrogens is 335 g/mol. The van der Waals surface area contributed by atoms with Gasteiger partial charge in [0.1, 0.15) is 6.17 Å². The molecule has 0 aliphatic heterocycles. The van der Waals surface area contributed by atoms with E-state index in [4.69, 9.17) is 0 Å². The number of halogens is 1. The highest BCUT2D eigenvalue weighted by Gasteiger charge is 2.73. The van der Waals surface area contributed by atoms with Crippen LogP contribution in [0, 0.1) is 22.7 Å². The topological polar surface area (TPSA) is 17.1 Å². The van der Waals surface area contributed by atoms with Gasteiger partial charge in [-0.2, -0.15) is 0 Å². The number of Topliss-reactive ketones (excluding diaryl/α,β-unsaturated/α-hetero) is 1. The van der Waals surface area contributed by atoms with Gasteiger partial charge in [0.25, 0.3) is 0 Å². The van der Waals surface area contributed by atoms with Crippen molar-refractivity contribution in [3.8, 4) is 0 Å². The molecule has 0 N–H and O–H groups in total. The number of rotatable bonds is 9. The molecule has 0 aromatic heterocycles. The molecule has 0 amide bonds. The van der Waals surface area contributed by atoms with Gasteiger partial charge < -0.3 is 0 Å². The highest BCUT2D eigenvalue weighted by molar-refractivity contribution is 5.99. The number of carbonyl (C=O) groups is 1. The molecule has 1 nitrogen and oxygen atoms in total. The fourth-order valence-corrected chi connectivity index (χ4v) is 6.95.